The highest BCUT2D eigenvalue weighted by atomic mass is 16.5. The van der Waals surface area contributed by atoms with Gasteiger partial charge in [0.2, 0.25) is 0 Å². The second kappa shape index (κ2) is 9.29. The molecule has 0 aromatic heterocycles. The lowest BCUT2D eigenvalue weighted by atomic mass is 9.85. The Labute approximate surface area is 130 Å². The first-order valence-electron chi connectivity index (χ1n) is 8.97. The van der Waals surface area contributed by atoms with Crippen molar-refractivity contribution in [3.05, 3.63) is 0 Å². The Morgan fingerprint density at radius 1 is 1.19 bits per heavy atom. The third-order valence-corrected chi connectivity index (χ3v) is 4.68. The van der Waals surface area contributed by atoms with Crippen LogP contribution in [0.4, 0.5) is 0 Å². The second-order valence-corrected chi connectivity index (χ2v) is 6.36. The Morgan fingerprint density at radius 3 is 2.71 bits per heavy atom. The predicted octanol–water partition coefficient (Wildman–Crippen LogP) is 2.94. The molecule has 0 bridgehead atoms. The van der Waals surface area contributed by atoms with Crippen LogP contribution in [0, 0.1) is 11.8 Å². The van der Waals surface area contributed by atoms with Gasteiger partial charge in [-0.3, -0.25) is 4.99 Å². The van der Waals surface area contributed by atoms with E-state index < -0.39 is 0 Å². The molecular formula is C17H33N3O. The summed E-state index contributed by atoms with van der Waals surface area (Å²) in [5.41, 5.74) is 0. The van der Waals surface area contributed by atoms with Crippen molar-refractivity contribution in [1.29, 1.82) is 0 Å². The van der Waals surface area contributed by atoms with E-state index >= 15 is 0 Å². The first kappa shape index (κ1) is 16.6. The van der Waals surface area contributed by atoms with E-state index in [0.29, 0.717) is 6.04 Å². The Bertz CT molecular complexity index is 313. The highest BCUT2D eigenvalue weighted by Crippen LogP contribution is 2.44. The lowest BCUT2D eigenvalue weighted by Crippen LogP contribution is -2.39. The molecular weight excluding hydrogens is 262 g/mol. The minimum Gasteiger partial charge on any atom is -0.382 e. The molecule has 0 radical (unpaired) electrons. The molecule has 0 aromatic carbocycles. The second-order valence-electron chi connectivity index (χ2n) is 6.36. The quantitative estimate of drug-likeness (QED) is 0.411. The first-order valence-corrected chi connectivity index (χ1v) is 8.97. The number of guanidine groups is 1. The fourth-order valence-corrected chi connectivity index (χ4v) is 3.46. The van der Waals surface area contributed by atoms with Gasteiger partial charge in [-0.2, -0.15) is 0 Å². The van der Waals surface area contributed by atoms with Gasteiger partial charge in [-0.05, 0) is 38.5 Å². The number of nitrogens with zero attached hydrogens (tertiary/aromatic N) is 1. The third-order valence-electron chi connectivity index (χ3n) is 4.68. The zero-order valence-electron chi connectivity index (χ0n) is 13.9. The summed E-state index contributed by atoms with van der Waals surface area (Å²) in [5, 5.41) is 6.99. The summed E-state index contributed by atoms with van der Waals surface area (Å²) in [6.45, 7) is 7.55. The summed E-state index contributed by atoms with van der Waals surface area (Å²) < 4.78 is 5.36. The summed E-state index contributed by atoms with van der Waals surface area (Å²) in [6.07, 6.45) is 9.58. The SMILES string of the molecule is CCNC(=NCCCOCC)NC1CC1C1CCCCC1. The molecule has 122 valence electrons. The standard InChI is InChI=1S/C17H33N3O/c1-3-18-17(19-11-8-12-21-4-2)20-16-13-15(16)14-9-6-5-7-10-14/h14-16H,3-13H2,1-2H3,(H2,18,19,20). The highest BCUT2D eigenvalue weighted by molar-refractivity contribution is 5.80. The zero-order valence-corrected chi connectivity index (χ0v) is 13.9. The molecule has 2 rings (SSSR count). The van der Waals surface area contributed by atoms with Gasteiger partial charge in [-0.25, -0.2) is 0 Å². The molecule has 4 nitrogen and oxygen atoms in total. The lowest BCUT2D eigenvalue weighted by molar-refractivity contribution is 0.146. The summed E-state index contributed by atoms with van der Waals surface area (Å²) in [7, 11) is 0. The smallest absolute Gasteiger partial charge is 0.191 e. The van der Waals surface area contributed by atoms with E-state index in [1.807, 2.05) is 6.92 Å². The topological polar surface area (TPSA) is 45.7 Å². The molecule has 4 heteroatoms. The lowest BCUT2D eigenvalue weighted by Gasteiger charge is -2.22. The molecule has 2 aliphatic rings. The first-order chi connectivity index (χ1) is 10.3. The van der Waals surface area contributed by atoms with Crippen molar-refractivity contribution in [2.24, 2.45) is 16.8 Å². The van der Waals surface area contributed by atoms with Gasteiger partial charge in [0.25, 0.3) is 0 Å². The van der Waals surface area contributed by atoms with Crippen molar-refractivity contribution in [2.45, 2.75) is 64.8 Å². The van der Waals surface area contributed by atoms with Gasteiger partial charge in [-0.15, -0.1) is 0 Å². The van der Waals surface area contributed by atoms with Crippen LogP contribution in [0.15, 0.2) is 4.99 Å². The van der Waals surface area contributed by atoms with E-state index in [-0.39, 0.29) is 0 Å². The molecule has 0 aromatic rings. The van der Waals surface area contributed by atoms with Crippen molar-refractivity contribution in [2.75, 3.05) is 26.3 Å². The molecule has 2 unspecified atom stereocenters. The van der Waals surface area contributed by atoms with Crippen molar-refractivity contribution in [3.63, 3.8) is 0 Å². The number of ether oxygens (including phenoxy) is 1. The molecule has 2 saturated carbocycles. The number of nitrogens with one attached hydrogen (secondary N) is 2. The molecule has 2 aliphatic carbocycles. The van der Waals surface area contributed by atoms with Crippen LogP contribution in [0.3, 0.4) is 0 Å². The average molecular weight is 295 g/mol. The maximum atomic E-state index is 5.36. The van der Waals surface area contributed by atoms with Gasteiger partial charge in [0, 0.05) is 32.3 Å². The van der Waals surface area contributed by atoms with E-state index in [0.717, 1.165) is 50.5 Å². The Kier molecular flexibility index (Phi) is 7.34. The molecule has 2 fully saturated rings. The fraction of sp³-hybridized carbons (Fsp3) is 0.941. The number of rotatable bonds is 8. The molecule has 0 aliphatic heterocycles. The van der Waals surface area contributed by atoms with E-state index in [2.05, 4.69) is 22.5 Å². The highest BCUT2D eigenvalue weighted by Gasteiger charge is 2.43. The largest absolute Gasteiger partial charge is 0.382 e. The maximum Gasteiger partial charge on any atom is 0.191 e. The maximum absolute atomic E-state index is 5.36. The van der Waals surface area contributed by atoms with Crippen molar-refractivity contribution in [3.8, 4) is 0 Å². The van der Waals surface area contributed by atoms with Crippen LogP contribution in [-0.4, -0.2) is 38.3 Å². The Balaban J connectivity index is 1.68. The van der Waals surface area contributed by atoms with Gasteiger partial charge < -0.3 is 15.4 Å². The van der Waals surface area contributed by atoms with E-state index in [9.17, 15) is 0 Å². The summed E-state index contributed by atoms with van der Waals surface area (Å²) in [4.78, 5) is 4.66. The molecule has 0 heterocycles. The molecule has 21 heavy (non-hydrogen) atoms. The average Bonchev–Trinajstić information content (AvgIpc) is 3.27. The van der Waals surface area contributed by atoms with Crippen molar-refractivity contribution in [1.82, 2.24) is 10.6 Å². The van der Waals surface area contributed by atoms with Crippen molar-refractivity contribution >= 4 is 5.96 Å². The molecule has 0 spiro atoms. The Morgan fingerprint density at radius 2 is 2.00 bits per heavy atom. The van der Waals surface area contributed by atoms with Gasteiger partial charge in [0.15, 0.2) is 5.96 Å². The number of hydrogen-bond donors (Lipinski definition) is 2. The monoisotopic (exact) mass is 295 g/mol. The fourth-order valence-electron chi connectivity index (χ4n) is 3.46. The number of aliphatic imine (C=N–C) groups is 1. The zero-order chi connectivity index (χ0) is 14.9. The summed E-state index contributed by atoms with van der Waals surface area (Å²) >= 11 is 0. The van der Waals surface area contributed by atoms with Crippen LogP contribution >= 0.6 is 0 Å². The number of hydrogen-bond acceptors (Lipinski definition) is 2. The molecule has 0 saturated heterocycles. The van der Waals surface area contributed by atoms with Gasteiger partial charge >= 0.3 is 0 Å². The van der Waals surface area contributed by atoms with Gasteiger partial charge in [0.1, 0.15) is 0 Å². The van der Waals surface area contributed by atoms with Crippen LogP contribution < -0.4 is 10.6 Å². The molecule has 2 N–H and O–H groups in total. The summed E-state index contributed by atoms with van der Waals surface area (Å²) in [5.74, 6) is 2.87. The van der Waals surface area contributed by atoms with E-state index in [1.165, 1.54) is 38.5 Å². The van der Waals surface area contributed by atoms with Crippen LogP contribution in [0.1, 0.15) is 58.8 Å². The van der Waals surface area contributed by atoms with Crippen LogP contribution in [0.5, 0.6) is 0 Å². The van der Waals surface area contributed by atoms with E-state index in [4.69, 9.17) is 4.74 Å². The van der Waals surface area contributed by atoms with Gasteiger partial charge in [0.05, 0.1) is 0 Å². The minimum absolute atomic E-state index is 0.665. The van der Waals surface area contributed by atoms with Crippen LogP contribution in [-0.2, 0) is 4.74 Å². The van der Waals surface area contributed by atoms with E-state index in [1.54, 1.807) is 0 Å². The van der Waals surface area contributed by atoms with Crippen molar-refractivity contribution < 1.29 is 4.74 Å². The normalized spacial score (nSPS) is 26.7. The minimum atomic E-state index is 0.665. The molecule has 2 atom stereocenters. The Hall–Kier alpha value is -0.770. The molecule has 0 amide bonds. The predicted molar refractivity (Wildman–Crippen MR) is 88.7 cm³/mol. The van der Waals surface area contributed by atoms with Crippen LogP contribution in [0.2, 0.25) is 0 Å². The van der Waals surface area contributed by atoms with Gasteiger partial charge in [-0.1, -0.05) is 32.1 Å². The third kappa shape index (κ3) is 5.85. The summed E-state index contributed by atoms with van der Waals surface area (Å²) in [6, 6.07) is 0.665. The van der Waals surface area contributed by atoms with Crippen LogP contribution in [0.25, 0.3) is 0 Å².